The lowest BCUT2D eigenvalue weighted by Gasteiger charge is -2.31. The maximum absolute atomic E-state index is 12.7. The molecule has 0 aromatic heterocycles. The lowest BCUT2D eigenvalue weighted by Crippen LogP contribution is -2.56. The van der Waals surface area contributed by atoms with Gasteiger partial charge in [0.15, 0.2) is 0 Å². The van der Waals surface area contributed by atoms with Gasteiger partial charge in [-0.25, -0.2) is 4.39 Å². The number of rotatable bonds is 3. The Labute approximate surface area is 110 Å². The molecule has 102 valence electrons. The number of aliphatic carboxylic acids is 1. The van der Waals surface area contributed by atoms with Gasteiger partial charge < -0.3 is 15.3 Å². The molecule has 19 heavy (non-hydrogen) atoms. The average Bonchev–Trinajstić information content (AvgIpc) is 2.41. The number of carboxylic acids is 1. The van der Waals surface area contributed by atoms with Crippen LogP contribution in [0.4, 0.5) is 4.39 Å². The summed E-state index contributed by atoms with van der Waals surface area (Å²) in [4.78, 5) is 24.4. The second-order valence-corrected chi connectivity index (χ2v) is 4.49. The molecule has 6 heteroatoms. The molecule has 0 radical (unpaired) electrons. The second kappa shape index (κ2) is 5.79. The molecule has 2 rings (SSSR count). The number of piperazine rings is 1. The number of carbonyl (C=O) groups excluding carboxylic acids is 1. The fraction of sp³-hybridized carbons (Fsp3) is 0.385. The van der Waals surface area contributed by atoms with E-state index in [-0.39, 0.29) is 24.7 Å². The molecule has 0 saturated carbocycles. The van der Waals surface area contributed by atoms with Crippen molar-refractivity contribution in [1.29, 1.82) is 0 Å². The summed E-state index contributed by atoms with van der Waals surface area (Å²) in [6, 6.07) is 5.01. The highest BCUT2D eigenvalue weighted by atomic mass is 19.1. The van der Waals surface area contributed by atoms with Gasteiger partial charge in [-0.2, -0.15) is 0 Å². The predicted molar refractivity (Wildman–Crippen MR) is 66.1 cm³/mol. The predicted octanol–water partition coefficient (Wildman–Crippen LogP) is 0.253. The molecule has 2 N–H and O–H groups in total. The minimum Gasteiger partial charge on any atom is -0.480 e. The van der Waals surface area contributed by atoms with Gasteiger partial charge in [-0.3, -0.25) is 9.59 Å². The van der Waals surface area contributed by atoms with E-state index < -0.39 is 12.0 Å². The molecule has 5 nitrogen and oxygen atoms in total. The Kier molecular flexibility index (Phi) is 4.11. The van der Waals surface area contributed by atoms with Crippen molar-refractivity contribution in [3.8, 4) is 0 Å². The molecule has 1 saturated heterocycles. The first-order chi connectivity index (χ1) is 9.06. The highest BCUT2D eigenvalue weighted by molar-refractivity contribution is 5.81. The second-order valence-electron chi connectivity index (χ2n) is 4.49. The lowest BCUT2D eigenvalue weighted by molar-refractivity contribution is -0.142. The summed E-state index contributed by atoms with van der Waals surface area (Å²) in [6.45, 7) is 1.12. The van der Waals surface area contributed by atoms with Gasteiger partial charge in [-0.05, 0) is 17.7 Å². The minimum atomic E-state index is -0.959. The van der Waals surface area contributed by atoms with Crippen molar-refractivity contribution in [3.63, 3.8) is 0 Å². The van der Waals surface area contributed by atoms with Crippen LogP contribution in [0, 0.1) is 5.82 Å². The molecule has 1 aliphatic rings. The van der Waals surface area contributed by atoms with E-state index in [0.29, 0.717) is 13.1 Å². The first kappa shape index (κ1) is 13.5. The number of halogens is 1. The largest absolute Gasteiger partial charge is 0.480 e. The fourth-order valence-electron chi connectivity index (χ4n) is 2.03. The quantitative estimate of drug-likeness (QED) is 0.823. The van der Waals surface area contributed by atoms with Crippen LogP contribution >= 0.6 is 0 Å². The summed E-state index contributed by atoms with van der Waals surface area (Å²) in [7, 11) is 0. The average molecular weight is 266 g/mol. The van der Waals surface area contributed by atoms with Crippen LogP contribution in [0.15, 0.2) is 24.3 Å². The number of benzene rings is 1. The molecule has 0 spiro atoms. The van der Waals surface area contributed by atoms with Gasteiger partial charge in [-0.1, -0.05) is 12.1 Å². The topological polar surface area (TPSA) is 69.6 Å². The van der Waals surface area contributed by atoms with Crippen LogP contribution in [0.5, 0.6) is 0 Å². The molecular weight excluding hydrogens is 251 g/mol. The van der Waals surface area contributed by atoms with Crippen molar-refractivity contribution < 1.29 is 19.1 Å². The van der Waals surface area contributed by atoms with E-state index in [1.807, 2.05) is 0 Å². The van der Waals surface area contributed by atoms with Gasteiger partial charge >= 0.3 is 5.97 Å². The number of carboxylic acid groups (broad SMARTS) is 1. The molecule has 0 bridgehead atoms. The summed E-state index contributed by atoms with van der Waals surface area (Å²) in [5.41, 5.74) is 0.719. The van der Waals surface area contributed by atoms with Gasteiger partial charge in [0.05, 0.1) is 6.42 Å². The smallest absolute Gasteiger partial charge is 0.322 e. The molecule has 1 aromatic rings. The summed E-state index contributed by atoms with van der Waals surface area (Å²) < 4.78 is 12.7. The first-order valence-electron chi connectivity index (χ1n) is 6.04. The summed E-state index contributed by atoms with van der Waals surface area (Å²) in [5.74, 6) is -1.44. The third kappa shape index (κ3) is 3.51. The zero-order valence-corrected chi connectivity index (χ0v) is 10.3. The lowest BCUT2D eigenvalue weighted by atomic mass is 10.1. The molecule has 1 amide bonds. The molecule has 1 heterocycles. The van der Waals surface area contributed by atoms with Crippen molar-refractivity contribution in [2.45, 2.75) is 12.5 Å². The number of nitrogens with zero attached hydrogens (tertiary/aromatic N) is 1. The monoisotopic (exact) mass is 266 g/mol. The number of hydrogen-bond acceptors (Lipinski definition) is 3. The number of amides is 1. The van der Waals surface area contributed by atoms with E-state index >= 15 is 0 Å². The Bertz CT molecular complexity index is 475. The standard InChI is InChI=1S/C13H15FN2O3/c14-10-3-1-9(2-4-10)7-12(17)16-6-5-15-11(8-16)13(18)19/h1-4,11,15H,5-8H2,(H,18,19). The summed E-state index contributed by atoms with van der Waals surface area (Å²) in [5, 5.41) is 11.7. The zero-order valence-electron chi connectivity index (χ0n) is 10.3. The van der Waals surface area contributed by atoms with Crippen molar-refractivity contribution in [2.75, 3.05) is 19.6 Å². The van der Waals surface area contributed by atoms with Crippen molar-refractivity contribution in [3.05, 3.63) is 35.6 Å². The summed E-state index contributed by atoms with van der Waals surface area (Å²) >= 11 is 0. The molecule has 1 atom stereocenters. The normalized spacial score (nSPS) is 19.2. The van der Waals surface area contributed by atoms with Gasteiger partial charge in [0.1, 0.15) is 11.9 Å². The molecule has 0 aliphatic carbocycles. The number of carbonyl (C=O) groups is 2. The van der Waals surface area contributed by atoms with E-state index in [2.05, 4.69) is 5.32 Å². The zero-order chi connectivity index (χ0) is 13.8. The molecule has 1 fully saturated rings. The van der Waals surface area contributed by atoms with E-state index in [0.717, 1.165) is 5.56 Å². The van der Waals surface area contributed by atoms with Crippen LogP contribution in [0.1, 0.15) is 5.56 Å². The Balaban J connectivity index is 1.96. The maximum Gasteiger partial charge on any atom is 0.322 e. The molecule has 1 aliphatic heterocycles. The number of nitrogens with one attached hydrogen (secondary N) is 1. The Hall–Kier alpha value is -1.95. The minimum absolute atomic E-state index is 0.139. The van der Waals surface area contributed by atoms with Crippen LogP contribution in [0.3, 0.4) is 0 Å². The molecule has 1 aromatic carbocycles. The first-order valence-corrected chi connectivity index (χ1v) is 6.04. The van der Waals surface area contributed by atoms with E-state index in [4.69, 9.17) is 5.11 Å². The van der Waals surface area contributed by atoms with E-state index in [9.17, 15) is 14.0 Å². The van der Waals surface area contributed by atoms with Gasteiger partial charge in [-0.15, -0.1) is 0 Å². The van der Waals surface area contributed by atoms with Crippen molar-refractivity contribution >= 4 is 11.9 Å². The Morgan fingerprint density at radius 3 is 2.68 bits per heavy atom. The van der Waals surface area contributed by atoms with Gasteiger partial charge in [0.25, 0.3) is 0 Å². The highest BCUT2D eigenvalue weighted by Crippen LogP contribution is 2.07. The van der Waals surface area contributed by atoms with Gasteiger partial charge in [0.2, 0.25) is 5.91 Å². The maximum atomic E-state index is 12.7. The van der Waals surface area contributed by atoms with Crippen molar-refractivity contribution in [2.24, 2.45) is 0 Å². The van der Waals surface area contributed by atoms with E-state index in [1.165, 1.54) is 17.0 Å². The molecule has 1 unspecified atom stereocenters. The number of hydrogen-bond donors (Lipinski definition) is 2. The van der Waals surface area contributed by atoms with Crippen LogP contribution in [0.2, 0.25) is 0 Å². The third-order valence-electron chi connectivity index (χ3n) is 3.09. The van der Waals surface area contributed by atoms with Crippen molar-refractivity contribution in [1.82, 2.24) is 10.2 Å². The Morgan fingerprint density at radius 1 is 1.37 bits per heavy atom. The third-order valence-corrected chi connectivity index (χ3v) is 3.09. The fourth-order valence-corrected chi connectivity index (χ4v) is 2.03. The SMILES string of the molecule is O=C(O)C1CN(C(=O)Cc2ccc(F)cc2)CCN1. The van der Waals surface area contributed by atoms with E-state index in [1.54, 1.807) is 12.1 Å². The summed E-state index contributed by atoms with van der Waals surface area (Å²) in [6.07, 6.45) is 0.159. The Morgan fingerprint density at radius 2 is 2.05 bits per heavy atom. The van der Waals surface area contributed by atoms with Crippen LogP contribution in [-0.2, 0) is 16.0 Å². The van der Waals surface area contributed by atoms with Gasteiger partial charge in [0, 0.05) is 19.6 Å². The molecular formula is C13H15FN2O3. The van der Waals surface area contributed by atoms with Crippen LogP contribution in [0.25, 0.3) is 0 Å². The van der Waals surface area contributed by atoms with Crippen LogP contribution < -0.4 is 5.32 Å². The van der Waals surface area contributed by atoms with Crippen LogP contribution in [-0.4, -0.2) is 47.6 Å². The highest BCUT2D eigenvalue weighted by Gasteiger charge is 2.27.